The van der Waals surface area contributed by atoms with Crippen molar-refractivity contribution in [1.29, 1.82) is 0 Å². The molecule has 2 heterocycles. The van der Waals surface area contributed by atoms with Gasteiger partial charge < -0.3 is 15.0 Å². The van der Waals surface area contributed by atoms with E-state index in [4.69, 9.17) is 16.3 Å². The van der Waals surface area contributed by atoms with E-state index in [9.17, 15) is 4.79 Å². The Morgan fingerprint density at radius 2 is 1.96 bits per heavy atom. The van der Waals surface area contributed by atoms with Crippen molar-refractivity contribution in [3.63, 3.8) is 0 Å². The van der Waals surface area contributed by atoms with Gasteiger partial charge in [0.1, 0.15) is 17.2 Å². The van der Waals surface area contributed by atoms with Crippen LogP contribution >= 0.6 is 11.6 Å². The molecule has 1 saturated carbocycles. The fourth-order valence-corrected chi connectivity index (χ4v) is 4.05. The van der Waals surface area contributed by atoms with Crippen LogP contribution in [0.5, 0.6) is 0 Å². The van der Waals surface area contributed by atoms with Gasteiger partial charge in [0, 0.05) is 37.8 Å². The Morgan fingerprint density at radius 3 is 2.68 bits per heavy atom. The third-order valence-electron chi connectivity index (χ3n) is 5.46. The van der Waals surface area contributed by atoms with Crippen molar-refractivity contribution in [2.45, 2.75) is 63.6 Å². The number of ether oxygens (including phenoxy) is 1. The number of carbonyl (C=O) groups excluding carboxylic acids is 1. The lowest BCUT2D eigenvalue weighted by Gasteiger charge is -2.38. The molecule has 1 saturated heterocycles. The molecule has 138 valence electrons. The van der Waals surface area contributed by atoms with Gasteiger partial charge in [0.15, 0.2) is 0 Å². The monoisotopic (exact) mass is 366 g/mol. The lowest BCUT2D eigenvalue weighted by Crippen LogP contribution is -2.52. The van der Waals surface area contributed by atoms with Crippen LogP contribution in [0, 0.1) is 6.92 Å². The first-order valence-corrected chi connectivity index (χ1v) is 9.53. The Kier molecular flexibility index (Phi) is 6.25. The Balaban J connectivity index is 1.54. The van der Waals surface area contributed by atoms with Crippen LogP contribution in [0.4, 0.5) is 0 Å². The summed E-state index contributed by atoms with van der Waals surface area (Å²) in [5.41, 5.74) is 1.07. The molecular formula is C18H27ClN4O2. The van der Waals surface area contributed by atoms with Gasteiger partial charge in [-0.15, -0.1) is 0 Å². The second-order valence-corrected chi connectivity index (χ2v) is 7.39. The number of hydrogen-bond donors (Lipinski definition) is 1. The zero-order valence-electron chi connectivity index (χ0n) is 15.0. The van der Waals surface area contributed by atoms with Gasteiger partial charge in [-0.05, 0) is 32.6 Å². The van der Waals surface area contributed by atoms with Crippen molar-refractivity contribution in [3.05, 3.63) is 22.7 Å². The Bertz CT molecular complexity index is 605. The third-order valence-corrected chi connectivity index (χ3v) is 5.84. The van der Waals surface area contributed by atoms with E-state index >= 15 is 0 Å². The highest BCUT2D eigenvalue weighted by Gasteiger charge is 2.30. The number of carbonyl (C=O) groups is 1. The number of halogens is 1. The van der Waals surface area contributed by atoms with Gasteiger partial charge in [0.2, 0.25) is 0 Å². The zero-order chi connectivity index (χ0) is 17.8. The third kappa shape index (κ3) is 4.30. The van der Waals surface area contributed by atoms with Crippen LogP contribution in [0.1, 0.15) is 54.6 Å². The standard InChI is InChI=1S/C18H27ClN4O2/c1-12-16(20-11-21-17(12)19)18(24)23-9-7-13(8-10-23)22-14-5-3-4-6-15(14)25-2/h11,13-15,22H,3-10H2,1-2H3. The molecule has 1 aromatic rings. The number of hydrogen-bond acceptors (Lipinski definition) is 5. The van der Waals surface area contributed by atoms with Crippen molar-refractivity contribution < 1.29 is 9.53 Å². The zero-order valence-corrected chi connectivity index (χ0v) is 15.8. The van der Waals surface area contributed by atoms with E-state index in [-0.39, 0.29) is 5.91 Å². The minimum atomic E-state index is -0.0484. The van der Waals surface area contributed by atoms with Crippen LogP contribution in [-0.4, -0.2) is 59.2 Å². The first-order chi connectivity index (χ1) is 12.1. The Morgan fingerprint density at radius 1 is 1.24 bits per heavy atom. The first kappa shape index (κ1) is 18.5. The molecule has 2 fully saturated rings. The summed E-state index contributed by atoms with van der Waals surface area (Å²) in [5.74, 6) is -0.0484. The maximum Gasteiger partial charge on any atom is 0.272 e. The molecule has 0 bridgehead atoms. The highest BCUT2D eigenvalue weighted by Crippen LogP contribution is 2.23. The number of amides is 1. The summed E-state index contributed by atoms with van der Waals surface area (Å²) >= 11 is 6.01. The largest absolute Gasteiger partial charge is 0.380 e. The van der Waals surface area contributed by atoms with Crippen LogP contribution in [-0.2, 0) is 4.74 Å². The van der Waals surface area contributed by atoms with E-state index in [0.29, 0.717) is 34.6 Å². The van der Waals surface area contributed by atoms with Gasteiger partial charge in [0.05, 0.1) is 6.10 Å². The number of nitrogens with one attached hydrogen (secondary N) is 1. The predicted octanol–water partition coefficient (Wildman–Crippen LogP) is 2.59. The maximum atomic E-state index is 12.7. The van der Waals surface area contributed by atoms with Gasteiger partial charge in [-0.3, -0.25) is 4.79 Å². The number of likely N-dealkylation sites (tertiary alicyclic amines) is 1. The van der Waals surface area contributed by atoms with Gasteiger partial charge in [-0.2, -0.15) is 0 Å². The molecule has 1 amide bonds. The van der Waals surface area contributed by atoms with Crippen LogP contribution in [0.15, 0.2) is 6.33 Å². The maximum absolute atomic E-state index is 12.7. The van der Waals surface area contributed by atoms with Crippen molar-refractivity contribution in [1.82, 2.24) is 20.2 Å². The SMILES string of the molecule is COC1CCCCC1NC1CCN(C(=O)c2ncnc(Cl)c2C)CC1. The molecule has 1 aliphatic heterocycles. The number of piperidine rings is 1. The van der Waals surface area contributed by atoms with Crippen LogP contribution in [0.3, 0.4) is 0 Å². The van der Waals surface area contributed by atoms with Crippen LogP contribution in [0.2, 0.25) is 5.15 Å². The van der Waals surface area contributed by atoms with Crippen LogP contribution in [0.25, 0.3) is 0 Å². The average molecular weight is 367 g/mol. The van der Waals surface area contributed by atoms with Crippen molar-refractivity contribution in [3.8, 4) is 0 Å². The summed E-state index contributed by atoms with van der Waals surface area (Å²) in [6.45, 7) is 3.27. The second-order valence-electron chi connectivity index (χ2n) is 7.04. The van der Waals surface area contributed by atoms with Crippen molar-refractivity contribution >= 4 is 17.5 Å². The molecule has 1 aromatic heterocycles. The fraction of sp³-hybridized carbons (Fsp3) is 0.722. The molecule has 0 aromatic carbocycles. The highest BCUT2D eigenvalue weighted by molar-refractivity contribution is 6.30. The van der Waals surface area contributed by atoms with E-state index < -0.39 is 0 Å². The molecule has 0 radical (unpaired) electrons. The molecule has 2 aliphatic rings. The molecule has 1 aliphatic carbocycles. The highest BCUT2D eigenvalue weighted by atomic mass is 35.5. The van der Waals surface area contributed by atoms with Crippen LogP contribution < -0.4 is 5.32 Å². The minimum absolute atomic E-state index is 0.0484. The van der Waals surface area contributed by atoms with Gasteiger partial charge in [-0.25, -0.2) is 9.97 Å². The average Bonchev–Trinajstić information content (AvgIpc) is 2.64. The van der Waals surface area contributed by atoms with E-state index in [1.807, 2.05) is 4.90 Å². The molecule has 6 nitrogen and oxygen atoms in total. The predicted molar refractivity (Wildman–Crippen MR) is 96.9 cm³/mol. The van der Waals surface area contributed by atoms with Gasteiger partial charge in [-0.1, -0.05) is 24.4 Å². The molecule has 2 atom stereocenters. The van der Waals surface area contributed by atoms with Crippen molar-refractivity contribution in [2.75, 3.05) is 20.2 Å². The summed E-state index contributed by atoms with van der Waals surface area (Å²) in [7, 11) is 1.81. The number of aromatic nitrogens is 2. The number of rotatable bonds is 4. The second kappa shape index (κ2) is 8.43. The Labute approximate surface area is 154 Å². The molecule has 3 rings (SSSR count). The van der Waals surface area contributed by atoms with E-state index in [0.717, 1.165) is 32.4 Å². The molecule has 7 heteroatoms. The summed E-state index contributed by atoms with van der Waals surface area (Å²) < 4.78 is 5.63. The lowest BCUT2D eigenvalue weighted by atomic mass is 9.90. The van der Waals surface area contributed by atoms with E-state index in [1.165, 1.54) is 25.6 Å². The normalized spacial score (nSPS) is 25.2. The summed E-state index contributed by atoms with van der Waals surface area (Å²) in [6, 6.07) is 0.883. The van der Waals surface area contributed by atoms with E-state index in [2.05, 4.69) is 15.3 Å². The van der Waals surface area contributed by atoms with Gasteiger partial charge in [0.25, 0.3) is 5.91 Å². The minimum Gasteiger partial charge on any atom is -0.380 e. The first-order valence-electron chi connectivity index (χ1n) is 9.15. The topological polar surface area (TPSA) is 67.3 Å². The lowest BCUT2D eigenvalue weighted by molar-refractivity contribution is 0.0329. The quantitative estimate of drug-likeness (QED) is 0.829. The van der Waals surface area contributed by atoms with Crippen molar-refractivity contribution in [2.24, 2.45) is 0 Å². The molecular weight excluding hydrogens is 340 g/mol. The molecule has 25 heavy (non-hydrogen) atoms. The number of nitrogens with zero attached hydrogens (tertiary/aromatic N) is 3. The summed E-state index contributed by atoms with van der Waals surface area (Å²) in [4.78, 5) is 22.6. The summed E-state index contributed by atoms with van der Waals surface area (Å²) in [5, 5.41) is 4.11. The molecule has 0 spiro atoms. The number of methoxy groups -OCH3 is 1. The van der Waals surface area contributed by atoms with Gasteiger partial charge >= 0.3 is 0 Å². The smallest absolute Gasteiger partial charge is 0.272 e. The molecule has 1 N–H and O–H groups in total. The fourth-order valence-electron chi connectivity index (χ4n) is 3.92. The molecule has 2 unspecified atom stereocenters. The Hall–Kier alpha value is -1.24. The van der Waals surface area contributed by atoms with E-state index in [1.54, 1.807) is 14.0 Å². The summed E-state index contributed by atoms with van der Waals surface area (Å²) in [6.07, 6.45) is 8.42.